The van der Waals surface area contributed by atoms with Gasteiger partial charge in [0.25, 0.3) is 0 Å². The molecule has 0 aliphatic rings. The molecule has 124 valence electrons. The lowest BCUT2D eigenvalue weighted by Crippen LogP contribution is -2.25. The van der Waals surface area contributed by atoms with Crippen molar-refractivity contribution in [2.24, 2.45) is 4.40 Å². The first-order valence-electron chi connectivity index (χ1n) is 7.46. The van der Waals surface area contributed by atoms with Gasteiger partial charge in [-0.2, -0.15) is 0 Å². The van der Waals surface area contributed by atoms with Crippen molar-refractivity contribution < 1.29 is 13.5 Å². The summed E-state index contributed by atoms with van der Waals surface area (Å²) < 4.78 is 34.7. The van der Waals surface area contributed by atoms with Crippen molar-refractivity contribution >= 4 is 28.5 Å². The summed E-state index contributed by atoms with van der Waals surface area (Å²) in [5, 5.41) is 4.65. The highest BCUT2D eigenvalue weighted by molar-refractivity contribution is 7.91. The minimum atomic E-state index is -1.36. The Balaban J connectivity index is 2.06. The second kappa shape index (κ2) is 6.37. The summed E-state index contributed by atoms with van der Waals surface area (Å²) in [6, 6.07) is 11.7. The zero-order valence-electron chi connectivity index (χ0n) is 13.6. The van der Waals surface area contributed by atoms with E-state index in [0.717, 1.165) is 11.1 Å². The van der Waals surface area contributed by atoms with Crippen LogP contribution in [-0.4, -0.2) is 20.7 Å². The van der Waals surface area contributed by atoms with E-state index in [9.17, 15) is 8.94 Å². The van der Waals surface area contributed by atoms with Crippen LogP contribution in [0.5, 0.6) is 0 Å². The molecule has 1 unspecified atom stereocenters. The topological polar surface area (TPSA) is 61.5 Å². The second-order valence-electron chi connectivity index (χ2n) is 6.35. The smallest absolute Gasteiger partial charge is 0.167 e. The standard InChI is InChI=1S/C18H17FN2O2S/c1-18(2,3)24(22)20-11-12-6-4-5-7-14(12)17-15-10-13(19)8-9-16(15)23-21-17/h4-11H,1-3H3. The Hall–Kier alpha value is -2.18. The van der Waals surface area contributed by atoms with Gasteiger partial charge in [0, 0.05) is 11.1 Å². The molecule has 0 fully saturated rings. The fourth-order valence-electron chi connectivity index (χ4n) is 2.19. The zero-order valence-corrected chi connectivity index (χ0v) is 14.4. The number of rotatable bonds is 3. The fourth-order valence-corrected chi connectivity index (χ4v) is 2.72. The molecule has 0 aliphatic carbocycles. The summed E-state index contributed by atoms with van der Waals surface area (Å²) in [7, 11) is 0. The molecular weight excluding hydrogens is 327 g/mol. The second-order valence-corrected chi connectivity index (χ2v) is 8.29. The van der Waals surface area contributed by atoms with Gasteiger partial charge in [-0.15, -0.1) is 0 Å². The summed E-state index contributed by atoms with van der Waals surface area (Å²) >= 11 is -1.36. The zero-order chi connectivity index (χ0) is 17.3. The predicted molar refractivity (Wildman–Crippen MR) is 94.9 cm³/mol. The normalized spacial score (nSPS) is 13.7. The van der Waals surface area contributed by atoms with Gasteiger partial charge in [-0.1, -0.05) is 33.8 Å². The monoisotopic (exact) mass is 344 g/mol. The van der Waals surface area contributed by atoms with E-state index >= 15 is 0 Å². The number of benzene rings is 2. The van der Waals surface area contributed by atoms with Crippen LogP contribution in [0.4, 0.5) is 4.39 Å². The number of nitrogens with zero attached hydrogens (tertiary/aromatic N) is 2. The Morgan fingerprint density at radius 2 is 1.96 bits per heavy atom. The van der Waals surface area contributed by atoms with E-state index in [1.807, 2.05) is 45.0 Å². The molecule has 0 aliphatic heterocycles. The lowest BCUT2D eigenvalue weighted by atomic mass is 10.0. The molecule has 0 saturated carbocycles. The van der Waals surface area contributed by atoms with Crippen molar-refractivity contribution in [2.75, 3.05) is 0 Å². The SMILES string of the molecule is CC(C)(C)[S+]([O-])N=Cc1ccccc1-c1noc2ccc(F)cc12. The van der Waals surface area contributed by atoms with Crippen LogP contribution < -0.4 is 0 Å². The molecular formula is C18H17FN2O2S. The molecule has 1 aromatic heterocycles. The fraction of sp³-hybridized carbons (Fsp3) is 0.222. The van der Waals surface area contributed by atoms with Gasteiger partial charge in [-0.25, -0.2) is 4.39 Å². The van der Waals surface area contributed by atoms with Gasteiger partial charge in [0.2, 0.25) is 0 Å². The van der Waals surface area contributed by atoms with Crippen molar-refractivity contribution in [3.8, 4) is 11.3 Å². The number of halogens is 1. The minimum absolute atomic E-state index is 0.355. The molecule has 0 spiro atoms. The molecule has 3 aromatic rings. The molecule has 6 heteroatoms. The molecule has 1 heterocycles. The van der Waals surface area contributed by atoms with Crippen molar-refractivity contribution in [3.63, 3.8) is 0 Å². The van der Waals surface area contributed by atoms with E-state index in [0.29, 0.717) is 16.7 Å². The number of hydrogen-bond acceptors (Lipinski definition) is 4. The predicted octanol–water partition coefficient (Wildman–Crippen LogP) is 4.52. The molecule has 2 aromatic carbocycles. The molecule has 1 atom stereocenters. The van der Waals surface area contributed by atoms with E-state index in [4.69, 9.17) is 4.52 Å². The van der Waals surface area contributed by atoms with Crippen LogP contribution in [0.3, 0.4) is 0 Å². The van der Waals surface area contributed by atoms with Gasteiger partial charge in [-0.3, -0.25) is 0 Å². The highest BCUT2D eigenvalue weighted by Gasteiger charge is 2.26. The molecule has 4 nitrogen and oxygen atoms in total. The van der Waals surface area contributed by atoms with Crippen molar-refractivity contribution in [1.29, 1.82) is 0 Å². The number of hydrogen-bond donors (Lipinski definition) is 0. The minimum Gasteiger partial charge on any atom is -0.591 e. The first-order valence-corrected chi connectivity index (χ1v) is 8.57. The average molecular weight is 344 g/mol. The average Bonchev–Trinajstić information content (AvgIpc) is 2.94. The molecule has 0 saturated heterocycles. The Labute approximate surface area is 142 Å². The molecule has 0 amide bonds. The maximum absolute atomic E-state index is 13.6. The van der Waals surface area contributed by atoms with Crippen molar-refractivity contribution in [3.05, 3.63) is 53.8 Å². The summed E-state index contributed by atoms with van der Waals surface area (Å²) in [6.07, 6.45) is 1.57. The maximum Gasteiger partial charge on any atom is 0.167 e. The molecule has 0 radical (unpaired) electrons. The Morgan fingerprint density at radius 1 is 1.21 bits per heavy atom. The third kappa shape index (κ3) is 3.34. The van der Waals surface area contributed by atoms with Crippen LogP contribution in [0.15, 0.2) is 51.4 Å². The van der Waals surface area contributed by atoms with Crippen LogP contribution in [0.25, 0.3) is 22.2 Å². The third-order valence-electron chi connectivity index (χ3n) is 3.46. The van der Waals surface area contributed by atoms with Crippen molar-refractivity contribution in [2.45, 2.75) is 25.5 Å². The Bertz CT molecular complexity index is 899. The highest BCUT2D eigenvalue weighted by Crippen LogP contribution is 2.30. The maximum atomic E-state index is 13.6. The molecule has 3 rings (SSSR count). The van der Waals surface area contributed by atoms with E-state index in [-0.39, 0.29) is 5.82 Å². The van der Waals surface area contributed by atoms with Gasteiger partial charge in [-0.05, 0) is 39.0 Å². The first-order chi connectivity index (χ1) is 11.4. The lowest BCUT2D eigenvalue weighted by molar-refractivity contribution is 0.459. The summed E-state index contributed by atoms with van der Waals surface area (Å²) in [4.78, 5) is 0. The van der Waals surface area contributed by atoms with Crippen LogP contribution in [0.2, 0.25) is 0 Å². The third-order valence-corrected chi connectivity index (χ3v) is 4.80. The van der Waals surface area contributed by atoms with E-state index in [1.54, 1.807) is 12.3 Å². The highest BCUT2D eigenvalue weighted by atomic mass is 32.2. The summed E-state index contributed by atoms with van der Waals surface area (Å²) in [6.45, 7) is 5.58. The van der Waals surface area contributed by atoms with Gasteiger partial charge in [0.05, 0.1) is 11.6 Å². The van der Waals surface area contributed by atoms with Crippen LogP contribution in [0, 0.1) is 5.82 Å². The first kappa shape index (κ1) is 16.7. The van der Waals surface area contributed by atoms with Crippen LogP contribution >= 0.6 is 0 Å². The lowest BCUT2D eigenvalue weighted by Gasteiger charge is -2.17. The van der Waals surface area contributed by atoms with Gasteiger partial charge < -0.3 is 9.08 Å². The van der Waals surface area contributed by atoms with Gasteiger partial charge in [0.1, 0.15) is 27.6 Å². The molecule has 0 bridgehead atoms. The van der Waals surface area contributed by atoms with E-state index in [2.05, 4.69) is 9.55 Å². The summed E-state index contributed by atoms with van der Waals surface area (Å²) in [5.74, 6) is -0.355. The van der Waals surface area contributed by atoms with Crippen LogP contribution in [-0.2, 0) is 11.4 Å². The van der Waals surface area contributed by atoms with Crippen LogP contribution in [0.1, 0.15) is 26.3 Å². The van der Waals surface area contributed by atoms with Crippen molar-refractivity contribution in [1.82, 2.24) is 5.16 Å². The van der Waals surface area contributed by atoms with E-state index < -0.39 is 16.1 Å². The quantitative estimate of drug-likeness (QED) is 0.518. The van der Waals surface area contributed by atoms with E-state index in [1.165, 1.54) is 12.1 Å². The molecule has 0 N–H and O–H groups in total. The molecule has 24 heavy (non-hydrogen) atoms. The summed E-state index contributed by atoms with van der Waals surface area (Å²) in [5.41, 5.74) is 2.54. The largest absolute Gasteiger partial charge is 0.591 e. The number of aromatic nitrogens is 1. The Morgan fingerprint density at radius 3 is 2.71 bits per heavy atom. The van der Waals surface area contributed by atoms with Gasteiger partial charge in [0.15, 0.2) is 5.58 Å². The number of fused-ring (bicyclic) bond motifs is 1. The Kier molecular flexibility index (Phi) is 4.43. The van der Waals surface area contributed by atoms with Gasteiger partial charge >= 0.3 is 0 Å².